The quantitative estimate of drug-likeness (QED) is 0.571. The fourth-order valence-electron chi connectivity index (χ4n) is 1.65. The van der Waals surface area contributed by atoms with Crippen LogP contribution in [0.2, 0.25) is 0 Å². The molecule has 86 valence electrons. The molecule has 0 saturated heterocycles. The molecule has 0 unspecified atom stereocenters. The van der Waals surface area contributed by atoms with Gasteiger partial charge in [0.2, 0.25) is 0 Å². The fraction of sp³-hybridized carbons (Fsp3) is 0.750. The summed E-state index contributed by atoms with van der Waals surface area (Å²) >= 11 is 0. The van der Waals surface area contributed by atoms with Crippen molar-refractivity contribution >= 4 is 5.97 Å². The molecule has 1 rings (SSSR count). The molecular formula is C12H21NO2. The average Bonchev–Trinajstić information content (AvgIpc) is 2.72. The number of allylic oxidation sites excluding steroid dienone is 1. The van der Waals surface area contributed by atoms with Crippen LogP contribution < -0.4 is 5.73 Å². The molecule has 1 saturated carbocycles. The van der Waals surface area contributed by atoms with E-state index in [0.717, 1.165) is 19.3 Å². The first-order chi connectivity index (χ1) is 6.79. The lowest BCUT2D eigenvalue weighted by Crippen LogP contribution is -2.41. The number of hydrogen-bond acceptors (Lipinski definition) is 3. The SMILES string of the molecule is C=CCC[C@H]1C[C@]1(N)C(=O)OC(C)(C)C. The van der Waals surface area contributed by atoms with Gasteiger partial charge in [-0.05, 0) is 46.0 Å². The molecule has 2 N–H and O–H groups in total. The van der Waals surface area contributed by atoms with Gasteiger partial charge in [0.25, 0.3) is 0 Å². The van der Waals surface area contributed by atoms with E-state index in [1.807, 2.05) is 26.8 Å². The van der Waals surface area contributed by atoms with Crippen LogP contribution in [0.3, 0.4) is 0 Å². The topological polar surface area (TPSA) is 52.3 Å². The maximum absolute atomic E-state index is 11.7. The highest BCUT2D eigenvalue weighted by Gasteiger charge is 2.58. The lowest BCUT2D eigenvalue weighted by Gasteiger charge is -2.22. The second-order valence-electron chi connectivity index (χ2n) is 5.31. The van der Waals surface area contributed by atoms with Gasteiger partial charge in [-0.3, -0.25) is 4.79 Å². The smallest absolute Gasteiger partial charge is 0.326 e. The highest BCUT2D eigenvalue weighted by atomic mass is 16.6. The largest absolute Gasteiger partial charge is 0.459 e. The Morgan fingerprint density at radius 1 is 1.67 bits per heavy atom. The molecule has 0 aliphatic heterocycles. The normalized spacial score (nSPS) is 29.7. The third kappa shape index (κ3) is 3.06. The summed E-state index contributed by atoms with van der Waals surface area (Å²) in [4.78, 5) is 11.7. The summed E-state index contributed by atoms with van der Waals surface area (Å²) < 4.78 is 5.29. The van der Waals surface area contributed by atoms with Crippen LogP contribution in [0.4, 0.5) is 0 Å². The van der Waals surface area contributed by atoms with Crippen LogP contribution in [0.25, 0.3) is 0 Å². The van der Waals surface area contributed by atoms with E-state index in [4.69, 9.17) is 10.5 Å². The van der Waals surface area contributed by atoms with Crippen molar-refractivity contribution in [3.63, 3.8) is 0 Å². The maximum atomic E-state index is 11.7. The second-order valence-corrected chi connectivity index (χ2v) is 5.31. The van der Waals surface area contributed by atoms with Crippen molar-refractivity contribution in [2.45, 2.75) is 51.2 Å². The lowest BCUT2D eigenvalue weighted by atomic mass is 10.1. The fourth-order valence-corrected chi connectivity index (χ4v) is 1.65. The summed E-state index contributed by atoms with van der Waals surface area (Å²) in [7, 11) is 0. The molecule has 1 aliphatic carbocycles. The molecule has 2 atom stereocenters. The Bertz CT molecular complexity index is 267. The van der Waals surface area contributed by atoms with Gasteiger partial charge in [0.1, 0.15) is 11.1 Å². The van der Waals surface area contributed by atoms with Gasteiger partial charge in [-0.15, -0.1) is 6.58 Å². The van der Waals surface area contributed by atoms with Crippen molar-refractivity contribution in [3.05, 3.63) is 12.7 Å². The lowest BCUT2D eigenvalue weighted by molar-refractivity contribution is -0.158. The van der Waals surface area contributed by atoms with Gasteiger partial charge in [-0.2, -0.15) is 0 Å². The van der Waals surface area contributed by atoms with Gasteiger partial charge in [-0.1, -0.05) is 6.08 Å². The molecule has 0 heterocycles. The van der Waals surface area contributed by atoms with Crippen LogP contribution in [0.1, 0.15) is 40.0 Å². The van der Waals surface area contributed by atoms with E-state index >= 15 is 0 Å². The molecule has 0 aromatic carbocycles. The Morgan fingerprint density at radius 3 is 2.73 bits per heavy atom. The standard InChI is InChI=1S/C12H21NO2/c1-5-6-7-9-8-12(9,13)10(14)15-11(2,3)4/h5,9H,1,6-8,13H2,2-4H3/t9-,12+/m0/s1. The number of carbonyl (C=O) groups excluding carboxylic acids is 1. The van der Waals surface area contributed by atoms with E-state index in [1.165, 1.54) is 0 Å². The monoisotopic (exact) mass is 211 g/mol. The molecule has 0 aromatic heterocycles. The molecular weight excluding hydrogens is 190 g/mol. The zero-order valence-corrected chi connectivity index (χ0v) is 9.88. The molecule has 0 amide bonds. The first-order valence-corrected chi connectivity index (χ1v) is 5.43. The Morgan fingerprint density at radius 2 is 2.27 bits per heavy atom. The summed E-state index contributed by atoms with van der Waals surface area (Å²) in [5, 5.41) is 0. The van der Waals surface area contributed by atoms with Crippen molar-refractivity contribution < 1.29 is 9.53 Å². The molecule has 1 fully saturated rings. The summed E-state index contributed by atoms with van der Waals surface area (Å²) in [5.41, 5.74) is 4.80. The van der Waals surface area contributed by atoms with Gasteiger partial charge in [0.05, 0.1) is 0 Å². The Kier molecular flexibility index (Phi) is 3.24. The summed E-state index contributed by atoms with van der Waals surface area (Å²) in [6.07, 6.45) is 4.44. The van der Waals surface area contributed by atoms with Crippen molar-refractivity contribution in [2.24, 2.45) is 11.7 Å². The van der Waals surface area contributed by atoms with Crippen molar-refractivity contribution in [1.82, 2.24) is 0 Å². The zero-order valence-electron chi connectivity index (χ0n) is 9.88. The predicted octanol–water partition coefficient (Wildman–Crippen LogP) is 2.01. The Labute approximate surface area is 91.7 Å². The minimum Gasteiger partial charge on any atom is -0.459 e. The highest BCUT2D eigenvalue weighted by molar-refractivity contribution is 5.85. The van der Waals surface area contributed by atoms with Crippen LogP contribution in [0, 0.1) is 5.92 Å². The van der Waals surface area contributed by atoms with Crippen LogP contribution in [0.15, 0.2) is 12.7 Å². The summed E-state index contributed by atoms with van der Waals surface area (Å²) in [6, 6.07) is 0. The number of carbonyl (C=O) groups is 1. The number of esters is 1. The molecule has 0 spiro atoms. The number of rotatable bonds is 4. The Balaban J connectivity index is 2.45. The third-order valence-electron chi connectivity index (χ3n) is 2.65. The van der Waals surface area contributed by atoms with Crippen LogP contribution in [0.5, 0.6) is 0 Å². The molecule has 1 aliphatic rings. The molecule has 0 aromatic rings. The van der Waals surface area contributed by atoms with Gasteiger partial charge >= 0.3 is 5.97 Å². The van der Waals surface area contributed by atoms with Crippen molar-refractivity contribution in [2.75, 3.05) is 0 Å². The second kappa shape index (κ2) is 3.97. The minimum atomic E-state index is -0.726. The molecule has 3 heteroatoms. The van der Waals surface area contributed by atoms with Gasteiger partial charge in [0.15, 0.2) is 0 Å². The van der Waals surface area contributed by atoms with E-state index in [9.17, 15) is 4.79 Å². The van der Waals surface area contributed by atoms with E-state index in [-0.39, 0.29) is 11.9 Å². The number of hydrogen-bond donors (Lipinski definition) is 1. The van der Waals surface area contributed by atoms with Crippen LogP contribution in [-0.2, 0) is 9.53 Å². The minimum absolute atomic E-state index is 0.260. The summed E-state index contributed by atoms with van der Waals surface area (Å²) in [5.74, 6) is 0.00872. The highest BCUT2D eigenvalue weighted by Crippen LogP contribution is 2.45. The summed E-state index contributed by atoms with van der Waals surface area (Å²) in [6.45, 7) is 9.23. The average molecular weight is 211 g/mol. The van der Waals surface area contributed by atoms with E-state index < -0.39 is 11.1 Å². The van der Waals surface area contributed by atoms with E-state index in [1.54, 1.807) is 0 Å². The molecule has 15 heavy (non-hydrogen) atoms. The number of nitrogens with two attached hydrogens (primary N) is 1. The third-order valence-corrected chi connectivity index (χ3v) is 2.65. The molecule has 3 nitrogen and oxygen atoms in total. The van der Waals surface area contributed by atoms with E-state index in [0.29, 0.717) is 0 Å². The predicted molar refractivity (Wildman–Crippen MR) is 60.3 cm³/mol. The van der Waals surface area contributed by atoms with Gasteiger partial charge in [0, 0.05) is 0 Å². The van der Waals surface area contributed by atoms with Crippen LogP contribution >= 0.6 is 0 Å². The van der Waals surface area contributed by atoms with Crippen LogP contribution in [-0.4, -0.2) is 17.1 Å². The first kappa shape index (κ1) is 12.2. The molecule has 0 radical (unpaired) electrons. The number of ether oxygens (including phenoxy) is 1. The van der Waals surface area contributed by atoms with Gasteiger partial charge in [-0.25, -0.2) is 0 Å². The van der Waals surface area contributed by atoms with E-state index in [2.05, 4.69) is 6.58 Å². The van der Waals surface area contributed by atoms with Gasteiger partial charge < -0.3 is 10.5 Å². The van der Waals surface area contributed by atoms with Crippen molar-refractivity contribution in [1.29, 1.82) is 0 Å². The maximum Gasteiger partial charge on any atom is 0.326 e. The Hall–Kier alpha value is -0.830. The first-order valence-electron chi connectivity index (χ1n) is 5.43. The van der Waals surface area contributed by atoms with Crippen molar-refractivity contribution in [3.8, 4) is 0 Å². The zero-order chi connectivity index (χ0) is 11.7. The molecule has 0 bridgehead atoms.